The molecule has 8 nitrogen and oxygen atoms in total. The van der Waals surface area contributed by atoms with Crippen LogP contribution in [0, 0.1) is 0 Å². The first-order valence-electron chi connectivity index (χ1n) is 5.71. The molecule has 0 aromatic heterocycles. The number of hydrogen-bond donors (Lipinski definition) is 8. The molecule has 0 amide bonds. The van der Waals surface area contributed by atoms with Crippen molar-refractivity contribution in [3.05, 3.63) is 12.1 Å². The first-order valence-corrected chi connectivity index (χ1v) is 5.71. The fourth-order valence-corrected chi connectivity index (χ4v) is 2.01. The molecule has 0 aliphatic rings. The number of benzene rings is 2. The molecule has 20 heavy (non-hydrogen) atoms. The summed E-state index contributed by atoms with van der Waals surface area (Å²) < 4.78 is 0. The molecular weight excluding hydrogens is 256 g/mol. The second kappa shape index (κ2) is 4.19. The third-order valence-corrected chi connectivity index (χ3v) is 3.22. The van der Waals surface area contributed by atoms with Crippen molar-refractivity contribution in [1.29, 1.82) is 0 Å². The molecule has 2 aromatic carbocycles. The van der Waals surface area contributed by atoms with Crippen molar-refractivity contribution in [3.8, 4) is 11.1 Å². The van der Waals surface area contributed by atoms with Gasteiger partial charge in [-0.1, -0.05) is 0 Å². The molecule has 0 bridgehead atoms. The molecular formula is C12H18N8. The maximum Gasteiger partial charge on any atom is 0.0824 e. The smallest absolute Gasteiger partial charge is 0.0824 e. The van der Waals surface area contributed by atoms with E-state index in [0.29, 0.717) is 28.2 Å². The number of anilines is 8. The van der Waals surface area contributed by atoms with Gasteiger partial charge in [-0.25, -0.2) is 0 Å². The van der Waals surface area contributed by atoms with Crippen LogP contribution >= 0.6 is 0 Å². The summed E-state index contributed by atoms with van der Waals surface area (Å²) in [5.41, 5.74) is 49.6. The van der Waals surface area contributed by atoms with Gasteiger partial charge in [0.05, 0.1) is 39.8 Å². The lowest BCUT2D eigenvalue weighted by Gasteiger charge is -2.19. The van der Waals surface area contributed by atoms with Gasteiger partial charge < -0.3 is 45.9 Å². The zero-order valence-electron chi connectivity index (χ0n) is 10.8. The Morgan fingerprint density at radius 1 is 0.450 bits per heavy atom. The fourth-order valence-electron chi connectivity index (χ4n) is 2.01. The van der Waals surface area contributed by atoms with Crippen LogP contribution in [0.15, 0.2) is 12.1 Å². The third-order valence-electron chi connectivity index (χ3n) is 3.22. The molecule has 106 valence electrons. The van der Waals surface area contributed by atoms with Crippen LogP contribution in [0.2, 0.25) is 0 Å². The Morgan fingerprint density at radius 3 is 1.35 bits per heavy atom. The molecule has 0 radical (unpaired) electrons. The molecule has 0 fully saturated rings. The number of nitrogens with two attached hydrogens (primary N) is 8. The van der Waals surface area contributed by atoms with Crippen molar-refractivity contribution >= 4 is 45.5 Å². The van der Waals surface area contributed by atoms with Gasteiger partial charge in [0.2, 0.25) is 0 Å². The van der Waals surface area contributed by atoms with E-state index in [1.54, 1.807) is 6.07 Å². The number of nitrogen functional groups attached to an aromatic ring is 8. The Kier molecular flexibility index (Phi) is 2.78. The molecule has 16 N–H and O–H groups in total. The monoisotopic (exact) mass is 274 g/mol. The standard InChI is InChI=1S/C12H18N8/c13-4-2-6(15)5(14)1-3(4)7-8(16)10(18)12(20)11(19)9(7)17/h1-2H,13-20H2. The van der Waals surface area contributed by atoms with Crippen LogP contribution in [0.3, 0.4) is 0 Å². The van der Waals surface area contributed by atoms with E-state index in [1.807, 2.05) is 0 Å². The topological polar surface area (TPSA) is 208 Å². The lowest BCUT2D eigenvalue weighted by Crippen LogP contribution is -2.10. The van der Waals surface area contributed by atoms with Gasteiger partial charge in [0, 0.05) is 16.8 Å². The third kappa shape index (κ3) is 1.70. The molecule has 0 spiro atoms. The maximum absolute atomic E-state index is 5.97. The summed E-state index contributed by atoms with van der Waals surface area (Å²) >= 11 is 0. The predicted octanol–water partition coefficient (Wildman–Crippen LogP) is 0.0112. The van der Waals surface area contributed by atoms with E-state index < -0.39 is 0 Å². The molecule has 0 atom stereocenters. The minimum atomic E-state index is 0.144. The van der Waals surface area contributed by atoms with Gasteiger partial charge in [-0.15, -0.1) is 0 Å². The minimum absolute atomic E-state index is 0.144. The summed E-state index contributed by atoms with van der Waals surface area (Å²) in [5.74, 6) is 0. The SMILES string of the molecule is Nc1cc(N)c(-c2c(N)c(N)c(N)c(N)c2N)cc1N. The maximum atomic E-state index is 5.97. The van der Waals surface area contributed by atoms with E-state index in [9.17, 15) is 0 Å². The number of hydrogen-bond acceptors (Lipinski definition) is 8. The Labute approximate surface area is 115 Å². The van der Waals surface area contributed by atoms with E-state index in [0.717, 1.165) is 0 Å². The molecule has 0 saturated carbocycles. The largest absolute Gasteiger partial charge is 0.398 e. The Hall–Kier alpha value is -3.16. The van der Waals surface area contributed by atoms with Crippen molar-refractivity contribution in [1.82, 2.24) is 0 Å². The Morgan fingerprint density at radius 2 is 0.850 bits per heavy atom. The summed E-state index contributed by atoms with van der Waals surface area (Å²) in [6.45, 7) is 0. The second-order valence-electron chi connectivity index (χ2n) is 4.51. The van der Waals surface area contributed by atoms with Crippen LogP contribution in [0.4, 0.5) is 45.5 Å². The highest BCUT2D eigenvalue weighted by molar-refractivity contribution is 6.07. The molecule has 0 heterocycles. The fraction of sp³-hybridized carbons (Fsp3) is 0. The Balaban J connectivity index is 2.87. The van der Waals surface area contributed by atoms with Crippen molar-refractivity contribution in [3.63, 3.8) is 0 Å². The summed E-state index contributed by atoms with van der Waals surface area (Å²) in [7, 11) is 0. The normalized spacial score (nSPS) is 10.6. The Bertz CT molecular complexity index is 678. The molecule has 0 aliphatic heterocycles. The quantitative estimate of drug-likeness (QED) is 0.331. The van der Waals surface area contributed by atoms with E-state index in [-0.39, 0.29) is 28.4 Å². The van der Waals surface area contributed by atoms with Gasteiger partial charge >= 0.3 is 0 Å². The summed E-state index contributed by atoms with van der Waals surface area (Å²) in [6.07, 6.45) is 0. The molecule has 2 aromatic rings. The molecule has 8 heteroatoms. The first-order chi connectivity index (χ1) is 9.25. The lowest BCUT2D eigenvalue weighted by molar-refractivity contribution is 1.57. The zero-order chi connectivity index (χ0) is 15.2. The van der Waals surface area contributed by atoms with E-state index in [1.165, 1.54) is 6.07 Å². The van der Waals surface area contributed by atoms with Crippen molar-refractivity contribution in [2.75, 3.05) is 45.9 Å². The number of rotatable bonds is 1. The van der Waals surface area contributed by atoms with Gasteiger partial charge in [-0.3, -0.25) is 0 Å². The highest BCUT2D eigenvalue weighted by Gasteiger charge is 2.19. The van der Waals surface area contributed by atoms with Crippen LogP contribution in [0.1, 0.15) is 0 Å². The average Bonchev–Trinajstić information content (AvgIpc) is 2.40. The van der Waals surface area contributed by atoms with Crippen LogP contribution in [0.25, 0.3) is 11.1 Å². The van der Waals surface area contributed by atoms with Crippen molar-refractivity contribution < 1.29 is 0 Å². The molecule has 0 saturated heterocycles. The van der Waals surface area contributed by atoms with Gasteiger partial charge in [0.15, 0.2) is 0 Å². The highest BCUT2D eigenvalue weighted by Crippen LogP contribution is 2.46. The van der Waals surface area contributed by atoms with Crippen LogP contribution < -0.4 is 45.9 Å². The summed E-state index contributed by atoms with van der Waals surface area (Å²) in [4.78, 5) is 0. The highest BCUT2D eigenvalue weighted by atomic mass is 14.8. The first kappa shape index (κ1) is 13.3. The minimum Gasteiger partial charge on any atom is -0.398 e. The van der Waals surface area contributed by atoms with Gasteiger partial charge in [0.1, 0.15) is 0 Å². The zero-order valence-corrected chi connectivity index (χ0v) is 10.8. The lowest BCUT2D eigenvalue weighted by atomic mass is 9.96. The summed E-state index contributed by atoms with van der Waals surface area (Å²) in [6, 6.07) is 3.09. The van der Waals surface area contributed by atoms with Crippen LogP contribution in [-0.2, 0) is 0 Å². The second-order valence-corrected chi connectivity index (χ2v) is 4.51. The van der Waals surface area contributed by atoms with Gasteiger partial charge in [-0.2, -0.15) is 0 Å². The molecule has 2 rings (SSSR count). The van der Waals surface area contributed by atoms with Crippen molar-refractivity contribution in [2.24, 2.45) is 0 Å². The summed E-state index contributed by atoms with van der Waals surface area (Å²) in [5, 5.41) is 0. The van der Waals surface area contributed by atoms with Crippen LogP contribution in [0.5, 0.6) is 0 Å². The van der Waals surface area contributed by atoms with Gasteiger partial charge in [0.25, 0.3) is 0 Å². The van der Waals surface area contributed by atoms with Crippen LogP contribution in [-0.4, -0.2) is 0 Å². The van der Waals surface area contributed by atoms with E-state index >= 15 is 0 Å². The van der Waals surface area contributed by atoms with E-state index in [4.69, 9.17) is 45.9 Å². The van der Waals surface area contributed by atoms with E-state index in [2.05, 4.69) is 0 Å². The predicted molar refractivity (Wildman–Crippen MR) is 87.2 cm³/mol. The average molecular weight is 274 g/mol. The molecule has 0 aliphatic carbocycles. The van der Waals surface area contributed by atoms with Gasteiger partial charge in [-0.05, 0) is 12.1 Å². The molecule has 0 unspecified atom stereocenters. The van der Waals surface area contributed by atoms with Crippen molar-refractivity contribution in [2.45, 2.75) is 0 Å².